The minimum atomic E-state index is -0.337. The van der Waals surface area contributed by atoms with Crippen molar-refractivity contribution in [2.45, 2.75) is 6.42 Å². The van der Waals surface area contributed by atoms with Gasteiger partial charge in [0, 0.05) is 28.5 Å². The van der Waals surface area contributed by atoms with Gasteiger partial charge in [-0.1, -0.05) is 35.3 Å². The highest BCUT2D eigenvalue weighted by molar-refractivity contribution is 6.36. The van der Waals surface area contributed by atoms with E-state index in [9.17, 15) is 9.59 Å². The number of hydrogen-bond donors (Lipinski definition) is 3. The van der Waals surface area contributed by atoms with Crippen LogP contribution in [0.25, 0.3) is 0 Å². The number of benzene rings is 2. The Morgan fingerprint density at radius 2 is 1.52 bits per heavy atom. The van der Waals surface area contributed by atoms with Crippen LogP contribution in [0.5, 0.6) is 0 Å². The summed E-state index contributed by atoms with van der Waals surface area (Å²) in [6.45, 7) is 0. The van der Waals surface area contributed by atoms with E-state index in [4.69, 9.17) is 23.2 Å². The number of urea groups is 1. The summed E-state index contributed by atoms with van der Waals surface area (Å²) in [7, 11) is 1.52. The summed E-state index contributed by atoms with van der Waals surface area (Å²) in [6, 6.07) is 11.6. The van der Waals surface area contributed by atoms with E-state index in [1.165, 1.54) is 7.05 Å². The molecule has 0 saturated carbocycles. The van der Waals surface area contributed by atoms with Crippen molar-refractivity contribution in [2.75, 3.05) is 17.7 Å². The topological polar surface area (TPSA) is 70.2 Å². The third-order valence-corrected chi connectivity index (χ3v) is 3.74. The maximum absolute atomic E-state index is 12.1. The van der Waals surface area contributed by atoms with Crippen LogP contribution >= 0.6 is 23.2 Å². The second kappa shape index (κ2) is 7.85. The van der Waals surface area contributed by atoms with Gasteiger partial charge in [-0.05, 0) is 35.9 Å². The first-order valence-electron chi connectivity index (χ1n) is 6.81. The molecule has 0 aromatic heterocycles. The number of amides is 3. The summed E-state index contributed by atoms with van der Waals surface area (Å²) in [6.07, 6.45) is 0.0611. The van der Waals surface area contributed by atoms with Gasteiger partial charge >= 0.3 is 6.03 Å². The van der Waals surface area contributed by atoms with Gasteiger partial charge in [-0.2, -0.15) is 0 Å². The average Bonchev–Trinajstić information content (AvgIpc) is 2.51. The average molecular weight is 352 g/mol. The molecule has 0 radical (unpaired) electrons. The molecule has 0 fully saturated rings. The van der Waals surface area contributed by atoms with E-state index < -0.39 is 0 Å². The molecule has 0 bridgehead atoms. The number of anilines is 2. The van der Waals surface area contributed by atoms with Gasteiger partial charge < -0.3 is 16.0 Å². The largest absolute Gasteiger partial charge is 0.341 e. The quantitative estimate of drug-likeness (QED) is 0.780. The van der Waals surface area contributed by atoms with Crippen molar-refractivity contribution in [1.29, 1.82) is 0 Å². The van der Waals surface area contributed by atoms with Crippen LogP contribution in [-0.2, 0) is 11.2 Å². The SMILES string of the molecule is CNC(=O)Nc1cccc(NC(=O)Cc2c(Cl)cccc2Cl)c1. The lowest BCUT2D eigenvalue weighted by Gasteiger charge is -2.10. The number of halogens is 2. The second-order valence-corrected chi connectivity index (χ2v) is 5.52. The molecule has 0 aliphatic heterocycles. The third-order valence-electron chi connectivity index (χ3n) is 3.03. The van der Waals surface area contributed by atoms with Gasteiger partial charge in [0.1, 0.15) is 0 Å². The van der Waals surface area contributed by atoms with E-state index in [-0.39, 0.29) is 18.4 Å². The number of carbonyl (C=O) groups is 2. The molecule has 7 heteroatoms. The van der Waals surface area contributed by atoms with E-state index in [2.05, 4.69) is 16.0 Å². The van der Waals surface area contributed by atoms with Crippen molar-refractivity contribution in [3.63, 3.8) is 0 Å². The summed E-state index contributed by atoms with van der Waals surface area (Å²) in [4.78, 5) is 23.4. The first-order valence-corrected chi connectivity index (χ1v) is 7.56. The fourth-order valence-electron chi connectivity index (χ4n) is 1.94. The molecule has 3 amide bonds. The summed E-state index contributed by atoms with van der Waals surface area (Å²) in [5, 5.41) is 8.72. The van der Waals surface area contributed by atoms with Crippen LogP contribution in [0, 0.1) is 0 Å². The Morgan fingerprint density at radius 3 is 2.13 bits per heavy atom. The molecule has 23 heavy (non-hydrogen) atoms. The van der Waals surface area contributed by atoms with Gasteiger partial charge in [0.05, 0.1) is 6.42 Å². The van der Waals surface area contributed by atoms with E-state index in [0.29, 0.717) is 27.0 Å². The van der Waals surface area contributed by atoms with Crippen LogP contribution in [0.1, 0.15) is 5.56 Å². The number of rotatable bonds is 4. The lowest BCUT2D eigenvalue weighted by atomic mass is 10.1. The fraction of sp³-hybridized carbons (Fsp3) is 0.125. The van der Waals surface area contributed by atoms with Crippen molar-refractivity contribution >= 4 is 46.5 Å². The lowest BCUT2D eigenvalue weighted by molar-refractivity contribution is -0.115. The van der Waals surface area contributed by atoms with Crippen LogP contribution in [-0.4, -0.2) is 19.0 Å². The van der Waals surface area contributed by atoms with Gasteiger partial charge in [-0.3, -0.25) is 4.79 Å². The molecule has 2 rings (SSSR count). The Bertz CT molecular complexity index is 715. The molecular weight excluding hydrogens is 337 g/mol. The Balaban J connectivity index is 2.06. The minimum absolute atomic E-state index is 0.0611. The molecule has 5 nitrogen and oxygen atoms in total. The van der Waals surface area contributed by atoms with Crippen LogP contribution in [0.2, 0.25) is 10.0 Å². The predicted octanol–water partition coefficient (Wildman–Crippen LogP) is 3.93. The highest BCUT2D eigenvalue weighted by atomic mass is 35.5. The smallest absolute Gasteiger partial charge is 0.318 e. The number of hydrogen-bond acceptors (Lipinski definition) is 2. The predicted molar refractivity (Wildman–Crippen MR) is 93.3 cm³/mol. The summed E-state index contributed by atoms with van der Waals surface area (Å²) in [5.74, 6) is -0.253. The molecule has 0 spiro atoms. The van der Waals surface area contributed by atoms with Crippen molar-refractivity contribution < 1.29 is 9.59 Å². The minimum Gasteiger partial charge on any atom is -0.341 e. The third kappa shape index (κ3) is 4.87. The standard InChI is InChI=1S/C16H15Cl2N3O2/c1-19-16(23)21-11-5-2-4-10(8-11)20-15(22)9-12-13(17)6-3-7-14(12)18/h2-8H,9H2,1H3,(H,20,22)(H2,19,21,23). The highest BCUT2D eigenvalue weighted by Crippen LogP contribution is 2.25. The molecular formula is C16H15Cl2N3O2. The Kier molecular flexibility index (Phi) is 5.84. The first kappa shape index (κ1) is 17.1. The van der Waals surface area contributed by atoms with E-state index in [1.807, 2.05) is 0 Å². The van der Waals surface area contributed by atoms with Crippen molar-refractivity contribution in [3.05, 3.63) is 58.1 Å². The number of carbonyl (C=O) groups excluding carboxylic acids is 2. The van der Waals surface area contributed by atoms with Crippen LogP contribution < -0.4 is 16.0 Å². The van der Waals surface area contributed by atoms with E-state index in [1.54, 1.807) is 42.5 Å². The maximum atomic E-state index is 12.1. The molecule has 0 aliphatic rings. The van der Waals surface area contributed by atoms with Crippen molar-refractivity contribution in [1.82, 2.24) is 5.32 Å². The summed E-state index contributed by atoms with van der Waals surface area (Å²) < 4.78 is 0. The van der Waals surface area contributed by atoms with Crippen LogP contribution in [0.4, 0.5) is 16.2 Å². The molecule has 0 saturated heterocycles. The molecule has 3 N–H and O–H groups in total. The molecule has 0 unspecified atom stereocenters. The summed E-state index contributed by atoms with van der Waals surface area (Å²) in [5.41, 5.74) is 1.71. The maximum Gasteiger partial charge on any atom is 0.318 e. The normalized spacial score (nSPS) is 10.0. The van der Waals surface area contributed by atoms with Gasteiger partial charge in [0.15, 0.2) is 0 Å². The molecule has 0 aliphatic carbocycles. The van der Waals surface area contributed by atoms with Gasteiger partial charge in [-0.15, -0.1) is 0 Å². The molecule has 0 atom stereocenters. The van der Waals surface area contributed by atoms with E-state index >= 15 is 0 Å². The molecule has 2 aromatic carbocycles. The van der Waals surface area contributed by atoms with Crippen LogP contribution in [0.3, 0.4) is 0 Å². The summed E-state index contributed by atoms with van der Waals surface area (Å²) >= 11 is 12.1. The zero-order valence-corrected chi connectivity index (χ0v) is 13.8. The lowest BCUT2D eigenvalue weighted by Crippen LogP contribution is -2.24. The fourth-order valence-corrected chi connectivity index (χ4v) is 2.47. The van der Waals surface area contributed by atoms with Crippen molar-refractivity contribution in [3.8, 4) is 0 Å². The zero-order valence-electron chi connectivity index (χ0n) is 12.3. The molecule has 0 heterocycles. The van der Waals surface area contributed by atoms with E-state index in [0.717, 1.165) is 0 Å². The van der Waals surface area contributed by atoms with Gasteiger partial charge in [0.25, 0.3) is 0 Å². The highest BCUT2D eigenvalue weighted by Gasteiger charge is 2.11. The van der Waals surface area contributed by atoms with Crippen LogP contribution in [0.15, 0.2) is 42.5 Å². The Hall–Kier alpha value is -2.24. The second-order valence-electron chi connectivity index (χ2n) is 4.71. The molecule has 2 aromatic rings. The Morgan fingerprint density at radius 1 is 0.957 bits per heavy atom. The number of nitrogens with one attached hydrogen (secondary N) is 3. The monoisotopic (exact) mass is 351 g/mol. The van der Waals surface area contributed by atoms with Crippen molar-refractivity contribution in [2.24, 2.45) is 0 Å². The molecule has 120 valence electrons. The Labute approximate surface area is 144 Å². The van der Waals surface area contributed by atoms with Gasteiger partial charge in [-0.25, -0.2) is 4.79 Å². The zero-order chi connectivity index (χ0) is 16.8. The first-order chi connectivity index (χ1) is 11.0. The van der Waals surface area contributed by atoms with Gasteiger partial charge in [0.2, 0.25) is 5.91 Å².